The molecule has 0 aromatic carbocycles. The van der Waals surface area contributed by atoms with Crippen molar-refractivity contribution in [3.05, 3.63) is 24.2 Å². The summed E-state index contributed by atoms with van der Waals surface area (Å²) in [7, 11) is 1.73. The molecule has 1 aliphatic carbocycles. The van der Waals surface area contributed by atoms with E-state index in [4.69, 9.17) is 9.15 Å². The molecule has 0 aliphatic heterocycles. The van der Waals surface area contributed by atoms with Crippen molar-refractivity contribution in [3.63, 3.8) is 0 Å². The van der Waals surface area contributed by atoms with E-state index in [0.29, 0.717) is 0 Å². The Morgan fingerprint density at radius 2 is 2.57 bits per heavy atom. The number of furan rings is 1. The number of hydrogen-bond donors (Lipinski definition) is 1. The maximum Gasteiger partial charge on any atom is 0.0937 e. The topological polar surface area (TPSA) is 34.4 Å². The van der Waals surface area contributed by atoms with Crippen LogP contribution in [0, 0.1) is 5.92 Å². The molecular weight excluding hydrogens is 178 g/mol. The van der Waals surface area contributed by atoms with E-state index in [2.05, 4.69) is 11.4 Å². The average Bonchev–Trinajstić information content (AvgIpc) is 2.77. The maximum absolute atomic E-state index is 5.07. The van der Waals surface area contributed by atoms with Crippen LogP contribution >= 0.6 is 0 Å². The minimum Gasteiger partial charge on any atom is -0.472 e. The van der Waals surface area contributed by atoms with Gasteiger partial charge in [0.25, 0.3) is 0 Å². The molecule has 1 N–H and O–H groups in total. The lowest BCUT2D eigenvalue weighted by Crippen LogP contribution is -2.21. The van der Waals surface area contributed by atoms with Gasteiger partial charge in [0.15, 0.2) is 0 Å². The largest absolute Gasteiger partial charge is 0.472 e. The van der Waals surface area contributed by atoms with Gasteiger partial charge in [-0.2, -0.15) is 0 Å². The molecule has 0 radical (unpaired) electrons. The van der Waals surface area contributed by atoms with Crippen LogP contribution < -0.4 is 5.32 Å². The fourth-order valence-corrected chi connectivity index (χ4v) is 1.83. The second kappa shape index (κ2) is 4.62. The zero-order valence-corrected chi connectivity index (χ0v) is 8.53. The summed E-state index contributed by atoms with van der Waals surface area (Å²) in [6.45, 7) is 2.84. The van der Waals surface area contributed by atoms with Crippen LogP contribution in [0.3, 0.4) is 0 Å². The van der Waals surface area contributed by atoms with Crippen LogP contribution in [0.4, 0.5) is 0 Å². The van der Waals surface area contributed by atoms with Gasteiger partial charge in [0, 0.05) is 13.7 Å². The Kier molecular flexibility index (Phi) is 3.22. The molecular formula is C11H17NO2. The average molecular weight is 195 g/mol. The Balaban J connectivity index is 1.63. The molecule has 14 heavy (non-hydrogen) atoms. The molecule has 2 unspecified atom stereocenters. The first-order valence-electron chi connectivity index (χ1n) is 5.13. The third kappa shape index (κ3) is 2.36. The summed E-state index contributed by atoms with van der Waals surface area (Å²) in [5.41, 5.74) is 1.35. The Labute approximate surface area is 84.4 Å². The van der Waals surface area contributed by atoms with E-state index >= 15 is 0 Å². The standard InChI is InChI=1S/C11H17NO2/c1-13-5-3-12-7-10-6-11(10)9-2-4-14-8-9/h2,4,8,10-12H,3,5-7H2,1H3. The summed E-state index contributed by atoms with van der Waals surface area (Å²) in [4.78, 5) is 0. The lowest BCUT2D eigenvalue weighted by Gasteiger charge is -2.02. The monoisotopic (exact) mass is 195 g/mol. The highest BCUT2D eigenvalue weighted by atomic mass is 16.5. The molecule has 1 fully saturated rings. The highest BCUT2D eigenvalue weighted by molar-refractivity contribution is 5.21. The molecule has 3 nitrogen and oxygen atoms in total. The Bertz CT molecular complexity index is 258. The Morgan fingerprint density at radius 1 is 1.64 bits per heavy atom. The predicted octanol–water partition coefficient (Wildman–Crippen LogP) is 1.62. The van der Waals surface area contributed by atoms with Crippen molar-refractivity contribution < 1.29 is 9.15 Å². The highest BCUT2D eigenvalue weighted by Gasteiger charge is 2.38. The van der Waals surface area contributed by atoms with Crippen molar-refractivity contribution in [1.29, 1.82) is 0 Å². The van der Waals surface area contributed by atoms with Crippen molar-refractivity contribution in [2.24, 2.45) is 5.92 Å². The van der Waals surface area contributed by atoms with E-state index in [-0.39, 0.29) is 0 Å². The van der Waals surface area contributed by atoms with Crippen LogP contribution in [0.1, 0.15) is 17.9 Å². The number of hydrogen-bond acceptors (Lipinski definition) is 3. The molecule has 2 atom stereocenters. The molecule has 1 heterocycles. The van der Waals surface area contributed by atoms with Crippen molar-refractivity contribution in [2.75, 3.05) is 26.8 Å². The molecule has 1 aromatic heterocycles. The summed E-state index contributed by atoms with van der Waals surface area (Å²) < 4.78 is 10.0. The number of ether oxygens (including phenoxy) is 1. The SMILES string of the molecule is COCCNCC1CC1c1ccoc1. The van der Waals surface area contributed by atoms with E-state index in [1.807, 2.05) is 6.26 Å². The maximum atomic E-state index is 5.07. The molecule has 2 rings (SSSR count). The van der Waals surface area contributed by atoms with E-state index < -0.39 is 0 Å². The quantitative estimate of drug-likeness (QED) is 0.700. The summed E-state index contributed by atoms with van der Waals surface area (Å²) in [5, 5.41) is 3.38. The van der Waals surface area contributed by atoms with Crippen LogP contribution in [0.5, 0.6) is 0 Å². The van der Waals surface area contributed by atoms with Gasteiger partial charge in [0.05, 0.1) is 19.1 Å². The zero-order chi connectivity index (χ0) is 9.80. The van der Waals surface area contributed by atoms with Gasteiger partial charge in [-0.25, -0.2) is 0 Å². The second-order valence-corrected chi connectivity index (χ2v) is 3.86. The van der Waals surface area contributed by atoms with Crippen LogP contribution in [-0.2, 0) is 4.74 Å². The summed E-state index contributed by atoms with van der Waals surface area (Å²) >= 11 is 0. The number of methoxy groups -OCH3 is 1. The summed E-state index contributed by atoms with van der Waals surface area (Å²) in [5.74, 6) is 1.52. The smallest absolute Gasteiger partial charge is 0.0937 e. The first-order chi connectivity index (χ1) is 6.92. The van der Waals surface area contributed by atoms with Crippen LogP contribution in [0.2, 0.25) is 0 Å². The lowest BCUT2D eigenvalue weighted by atomic mass is 10.2. The van der Waals surface area contributed by atoms with Gasteiger partial charge in [-0.1, -0.05) is 0 Å². The Morgan fingerprint density at radius 3 is 3.29 bits per heavy atom. The van der Waals surface area contributed by atoms with Crippen molar-refractivity contribution >= 4 is 0 Å². The van der Waals surface area contributed by atoms with E-state index in [1.54, 1.807) is 13.4 Å². The minimum atomic E-state index is 0.726. The fourth-order valence-electron chi connectivity index (χ4n) is 1.83. The fraction of sp³-hybridized carbons (Fsp3) is 0.636. The third-order valence-electron chi connectivity index (χ3n) is 2.78. The molecule has 1 aromatic rings. The van der Waals surface area contributed by atoms with Gasteiger partial charge in [-0.05, 0) is 36.4 Å². The van der Waals surface area contributed by atoms with E-state index in [0.717, 1.165) is 31.5 Å². The normalized spacial score (nSPS) is 25.2. The summed E-state index contributed by atoms with van der Waals surface area (Å²) in [6.07, 6.45) is 4.91. The van der Waals surface area contributed by atoms with Crippen LogP contribution in [0.25, 0.3) is 0 Å². The first-order valence-corrected chi connectivity index (χ1v) is 5.13. The van der Waals surface area contributed by atoms with Gasteiger partial charge < -0.3 is 14.5 Å². The van der Waals surface area contributed by atoms with E-state index in [1.165, 1.54) is 12.0 Å². The molecule has 1 saturated carbocycles. The van der Waals surface area contributed by atoms with Gasteiger partial charge in [-0.15, -0.1) is 0 Å². The summed E-state index contributed by atoms with van der Waals surface area (Å²) in [6, 6.07) is 2.07. The lowest BCUT2D eigenvalue weighted by molar-refractivity contribution is 0.199. The molecule has 1 aliphatic rings. The van der Waals surface area contributed by atoms with E-state index in [9.17, 15) is 0 Å². The highest BCUT2D eigenvalue weighted by Crippen LogP contribution is 2.46. The molecule has 0 saturated heterocycles. The molecule has 78 valence electrons. The minimum absolute atomic E-state index is 0.726. The Hall–Kier alpha value is -0.800. The van der Waals surface area contributed by atoms with Crippen LogP contribution in [0.15, 0.2) is 23.0 Å². The molecule has 3 heteroatoms. The van der Waals surface area contributed by atoms with Gasteiger partial charge in [-0.3, -0.25) is 0 Å². The van der Waals surface area contributed by atoms with Gasteiger partial charge in [0.2, 0.25) is 0 Å². The van der Waals surface area contributed by atoms with Crippen molar-refractivity contribution in [1.82, 2.24) is 5.32 Å². The van der Waals surface area contributed by atoms with Crippen molar-refractivity contribution in [3.8, 4) is 0 Å². The number of nitrogens with one attached hydrogen (secondary N) is 1. The first kappa shape index (κ1) is 9.74. The number of rotatable bonds is 6. The van der Waals surface area contributed by atoms with Gasteiger partial charge >= 0.3 is 0 Å². The molecule has 0 bridgehead atoms. The second-order valence-electron chi connectivity index (χ2n) is 3.86. The van der Waals surface area contributed by atoms with Gasteiger partial charge in [0.1, 0.15) is 0 Å². The van der Waals surface area contributed by atoms with Crippen LogP contribution in [-0.4, -0.2) is 26.8 Å². The van der Waals surface area contributed by atoms with Crippen molar-refractivity contribution in [2.45, 2.75) is 12.3 Å². The third-order valence-corrected chi connectivity index (χ3v) is 2.78. The predicted molar refractivity (Wildman–Crippen MR) is 54.3 cm³/mol. The molecule has 0 spiro atoms. The zero-order valence-electron chi connectivity index (χ0n) is 8.53. The molecule has 0 amide bonds.